The van der Waals surface area contributed by atoms with Gasteiger partial charge in [-0.15, -0.1) is 0 Å². The quantitative estimate of drug-likeness (QED) is 0.714. The minimum Gasteiger partial charge on any atom is -0.326 e. The highest BCUT2D eigenvalue weighted by molar-refractivity contribution is 5.90. The Morgan fingerprint density at radius 3 is 2.48 bits per heavy atom. The maximum Gasteiger partial charge on any atom is 0.258 e. The molecule has 0 aliphatic rings. The van der Waals surface area contributed by atoms with Gasteiger partial charge in [-0.25, -0.2) is 4.98 Å². The first-order valence-electron chi connectivity index (χ1n) is 9.21. The van der Waals surface area contributed by atoms with E-state index in [1.54, 1.807) is 6.07 Å². The number of hydrogen-bond donors (Lipinski definition) is 2. The van der Waals surface area contributed by atoms with Crippen molar-refractivity contribution in [1.82, 2.24) is 9.97 Å². The highest BCUT2D eigenvalue weighted by Crippen LogP contribution is 2.23. The molecule has 5 nitrogen and oxygen atoms in total. The monoisotopic (exact) mass is 363 g/mol. The normalized spacial score (nSPS) is 11.5. The van der Waals surface area contributed by atoms with Gasteiger partial charge in [-0.05, 0) is 41.7 Å². The van der Waals surface area contributed by atoms with E-state index < -0.39 is 0 Å². The lowest BCUT2D eigenvalue weighted by molar-refractivity contribution is -0.116. The Kier molecular flexibility index (Phi) is 5.40. The maximum absolute atomic E-state index is 12.2. The fourth-order valence-electron chi connectivity index (χ4n) is 2.95. The Bertz CT molecular complexity index is 998. The Balaban J connectivity index is 1.55. The lowest BCUT2D eigenvalue weighted by Crippen LogP contribution is -2.15. The summed E-state index contributed by atoms with van der Waals surface area (Å²) in [6, 6.07) is 15.2. The average molecular weight is 363 g/mol. The van der Waals surface area contributed by atoms with E-state index in [4.69, 9.17) is 0 Å². The molecular weight excluding hydrogens is 338 g/mol. The highest BCUT2D eigenvalue weighted by Gasteiger charge is 2.13. The van der Waals surface area contributed by atoms with Gasteiger partial charge in [0.1, 0.15) is 5.82 Å². The summed E-state index contributed by atoms with van der Waals surface area (Å²) in [6.07, 6.45) is 1.54. The zero-order valence-corrected chi connectivity index (χ0v) is 16.0. The molecule has 1 amide bonds. The summed E-state index contributed by atoms with van der Waals surface area (Å²) < 4.78 is 0. The van der Waals surface area contributed by atoms with Gasteiger partial charge in [-0.2, -0.15) is 0 Å². The van der Waals surface area contributed by atoms with E-state index in [2.05, 4.69) is 36.1 Å². The topological polar surface area (TPSA) is 74.8 Å². The summed E-state index contributed by atoms with van der Waals surface area (Å²) >= 11 is 0. The fraction of sp³-hybridized carbons (Fsp3) is 0.318. The predicted octanol–water partition coefficient (Wildman–Crippen LogP) is 4.18. The molecule has 2 N–H and O–H groups in total. The number of fused-ring (bicyclic) bond motifs is 1. The number of carbonyl (C=O) groups excluding carboxylic acids is 1. The van der Waals surface area contributed by atoms with Gasteiger partial charge in [0, 0.05) is 18.5 Å². The molecule has 0 aliphatic carbocycles. The Morgan fingerprint density at radius 1 is 1.07 bits per heavy atom. The van der Waals surface area contributed by atoms with Crippen molar-refractivity contribution in [2.45, 2.75) is 45.4 Å². The summed E-state index contributed by atoms with van der Waals surface area (Å²) in [4.78, 5) is 31.5. The second-order valence-electron chi connectivity index (χ2n) is 7.76. The number of carbonyl (C=O) groups is 1. The number of aryl methyl sites for hydroxylation is 1. The van der Waals surface area contributed by atoms with Gasteiger partial charge in [-0.3, -0.25) is 9.59 Å². The molecule has 2 aromatic carbocycles. The van der Waals surface area contributed by atoms with E-state index in [0.29, 0.717) is 36.0 Å². The lowest BCUT2D eigenvalue weighted by atomic mass is 9.87. The van der Waals surface area contributed by atoms with Crippen LogP contribution in [-0.4, -0.2) is 15.9 Å². The number of para-hydroxylation sites is 1. The van der Waals surface area contributed by atoms with E-state index >= 15 is 0 Å². The molecule has 5 heteroatoms. The van der Waals surface area contributed by atoms with Crippen LogP contribution in [0.4, 0.5) is 5.69 Å². The third-order valence-electron chi connectivity index (χ3n) is 4.51. The predicted molar refractivity (Wildman–Crippen MR) is 109 cm³/mol. The van der Waals surface area contributed by atoms with Crippen LogP contribution in [0.15, 0.2) is 53.3 Å². The van der Waals surface area contributed by atoms with Crippen LogP contribution in [0.25, 0.3) is 10.9 Å². The third-order valence-corrected chi connectivity index (χ3v) is 4.51. The van der Waals surface area contributed by atoms with Gasteiger partial charge < -0.3 is 10.3 Å². The molecule has 1 aromatic heterocycles. The number of anilines is 1. The molecular formula is C22H25N3O2. The summed E-state index contributed by atoms with van der Waals surface area (Å²) in [6.45, 7) is 6.48. The SMILES string of the molecule is CC(C)(C)c1ccc(NC(=O)CCCc2nc3ccccc3c(=O)[nH]2)cc1. The van der Waals surface area contributed by atoms with Crippen LogP contribution in [0.1, 0.15) is 45.0 Å². The van der Waals surface area contributed by atoms with Gasteiger partial charge in [0.25, 0.3) is 5.56 Å². The van der Waals surface area contributed by atoms with Crippen molar-refractivity contribution in [3.05, 3.63) is 70.3 Å². The van der Waals surface area contributed by atoms with Crippen molar-refractivity contribution in [1.29, 1.82) is 0 Å². The van der Waals surface area contributed by atoms with Crippen LogP contribution >= 0.6 is 0 Å². The number of nitrogens with zero attached hydrogens (tertiary/aromatic N) is 1. The Labute approximate surface area is 158 Å². The van der Waals surface area contributed by atoms with Crippen molar-refractivity contribution >= 4 is 22.5 Å². The molecule has 0 fully saturated rings. The summed E-state index contributed by atoms with van der Waals surface area (Å²) in [5, 5.41) is 3.50. The van der Waals surface area contributed by atoms with E-state index in [0.717, 1.165) is 5.69 Å². The number of benzene rings is 2. The Morgan fingerprint density at radius 2 is 1.78 bits per heavy atom. The lowest BCUT2D eigenvalue weighted by Gasteiger charge is -2.19. The third kappa shape index (κ3) is 4.82. The molecule has 0 atom stereocenters. The number of H-pyrrole nitrogens is 1. The van der Waals surface area contributed by atoms with Crippen LogP contribution in [0.5, 0.6) is 0 Å². The van der Waals surface area contributed by atoms with E-state index in [1.165, 1.54) is 5.56 Å². The first kappa shape index (κ1) is 18.8. The molecule has 0 aliphatic heterocycles. The van der Waals surface area contributed by atoms with Crippen LogP contribution in [0.2, 0.25) is 0 Å². The fourth-order valence-corrected chi connectivity index (χ4v) is 2.95. The van der Waals surface area contributed by atoms with E-state index in [9.17, 15) is 9.59 Å². The number of amides is 1. The van der Waals surface area contributed by atoms with Crippen LogP contribution < -0.4 is 10.9 Å². The van der Waals surface area contributed by atoms with Crippen molar-refractivity contribution in [2.24, 2.45) is 0 Å². The summed E-state index contributed by atoms with van der Waals surface area (Å²) in [5.41, 5.74) is 2.66. The number of nitrogens with one attached hydrogen (secondary N) is 2. The van der Waals surface area contributed by atoms with Gasteiger partial charge in [0.2, 0.25) is 5.91 Å². The van der Waals surface area contributed by atoms with E-state index in [-0.39, 0.29) is 16.9 Å². The number of hydrogen-bond acceptors (Lipinski definition) is 3. The van der Waals surface area contributed by atoms with Gasteiger partial charge in [-0.1, -0.05) is 45.0 Å². The first-order chi connectivity index (χ1) is 12.8. The molecule has 0 saturated heterocycles. The minimum atomic E-state index is -0.140. The average Bonchev–Trinajstić information content (AvgIpc) is 2.61. The minimum absolute atomic E-state index is 0.0401. The summed E-state index contributed by atoms with van der Waals surface area (Å²) in [5.74, 6) is 0.572. The van der Waals surface area contributed by atoms with Crippen molar-refractivity contribution in [2.75, 3.05) is 5.32 Å². The molecule has 27 heavy (non-hydrogen) atoms. The van der Waals surface area contributed by atoms with Crippen molar-refractivity contribution in [3.63, 3.8) is 0 Å². The highest BCUT2D eigenvalue weighted by atomic mass is 16.1. The molecule has 0 bridgehead atoms. The second kappa shape index (κ2) is 7.74. The van der Waals surface area contributed by atoms with Gasteiger partial charge in [0.15, 0.2) is 0 Å². The van der Waals surface area contributed by atoms with Crippen LogP contribution in [-0.2, 0) is 16.6 Å². The largest absolute Gasteiger partial charge is 0.326 e. The Hall–Kier alpha value is -2.95. The van der Waals surface area contributed by atoms with Crippen molar-refractivity contribution in [3.8, 4) is 0 Å². The molecule has 0 saturated carbocycles. The smallest absolute Gasteiger partial charge is 0.258 e. The second-order valence-corrected chi connectivity index (χ2v) is 7.76. The molecule has 0 spiro atoms. The molecule has 3 rings (SSSR count). The van der Waals surface area contributed by atoms with Crippen LogP contribution in [0, 0.1) is 0 Å². The van der Waals surface area contributed by atoms with Gasteiger partial charge in [0.05, 0.1) is 10.9 Å². The number of aromatic amines is 1. The zero-order chi connectivity index (χ0) is 19.4. The van der Waals surface area contributed by atoms with Crippen molar-refractivity contribution < 1.29 is 4.79 Å². The zero-order valence-electron chi connectivity index (χ0n) is 16.0. The molecule has 0 radical (unpaired) electrons. The number of rotatable bonds is 5. The molecule has 140 valence electrons. The molecule has 3 aromatic rings. The van der Waals surface area contributed by atoms with Crippen LogP contribution in [0.3, 0.4) is 0 Å². The standard InChI is InChI=1S/C22H25N3O2/c1-22(2,3)15-11-13-16(14-12-15)23-20(26)10-6-9-19-24-18-8-5-4-7-17(18)21(27)25-19/h4-5,7-8,11-14H,6,9-10H2,1-3H3,(H,23,26)(H,24,25,27). The van der Waals surface area contributed by atoms with Gasteiger partial charge >= 0.3 is 0 Å². The molecule has 1 heterocycles. The molecule has 0 unspecified atom stereocenters. The maximum atomic E-state index is 12.2. The summed E-state index contributed by atoms with van der Waals surface area (Å²) in [7, 11) is 0. The number of aromatic nitrogens is 2. The van der Waals surface area contributed by atoms with E-state index in [1.807, 2.05) is 42.5 Å². The first-order valence-corrected chi connectivity index (χ1v) is 9.21.